The van der Waals surface area contributed by atoms with Gasteiger partial charge in [-0.05, 0) is 92.1 Å². The molecule has 5 fully saturated rings. The first-order valence-corrected chi connectivity index (χ1v) is 14.5. The second-order valence-electron chi connectivity index (χ2n) is 12.6. The first-order chi connectivity index (χ1) is 18.7. The molecule has 6 rings (SSSR count). The molecular weight excluding hydrogens is 500 g/mol. The predicted octanol–water partition coefficient (Wildman–Crippen LogP) is 1.82. The number of ether oxygens (including phenoxy) is 2. The third-order valence-corrected chi connectivity index (χ3v) is 10.7. The molecule has 9 nitrogen and oxygen atoms in total. The van der Waals surface area contributed by atoms with Crippen LogP contribution in [-0.2, 0) is 23.9 Å². The van der Waals surface area contributed by atoms with Crippen molar-refractivity contribution in [3.05, 3.63) is 35.6 Å². The van der Waals surface area contributed by atoms with Gasteiger partial charge >= 0.3 is 0 Å². The number of Topliss-reactive ketones (excluding diaryl/α,β-unsaturated/α-hetero) is 1. The van der Waals surface area contributed by atoms with Gasteiger partial charge in [-0.3, -0.25) is 14.4 Å². The molecule has 4 N–H and O–H groups in total. The highest BCUT2D eigenvalue weighted by molar-refractivity contribution is 6.27. The Morgan fingerprint density at radius 3 is 2.59 bits per heavy atom. The molecule has 3 heterocycles. The summed E-state index contributed by atoms with van der Waals surface area (Å²) in [5, 5.41) is 26.5. The molecule has 3 aliphatic carbocycles. The predicted molar refractivity (Wildman–Crippen MR) is 141 cm³/mol. The van der Waals surface area contributed by atoms with Crippen LogP contribution < -0.4 is 10.6 Å². The van der Waals surface area contributed by atoms with Gasteiger partial charge in [0.25, 0.3) is 5.91 Å². The van der Waals surface area contributed by atoms with E-state index in [-0.39, 0.29) is 60.4 Å². The standard InChI is InChI=1S/C30H40N2O7/c1-13-11-17-18-12-15-7-8-19(33)25-27(36)26(32-30(25)37)20(34)9-10-31-21(35)6-4-5-16(15)23(18)28-29(39-28)24(17)22(13)14(2)38-3/h4,6-8,13-18,20,22-24,26,28-29,33-34H,5,9-12H2,1-3H3,(H,31,35)(H,32,37)/b6-4-,8-7+,25-19-/t13-,14-,15-,16+,17-,18-,20?,22+,23-,24-,26+,28+,29-/m1/s1. The Morgan fingerprint density at radius 1 is 1.08 bits per heavy atom. The number of allylic oxidation sites excluding steroid dienone is 3. The maximum atomic E-state index is 12.9. The van der Waals surface area contributed by atoms with Crippen molar-refractivity contribution >= 4 is 17.6 Å². The summed E-state index contributed by atoms with van der Waals surface area (Å²) >= 11 is 0. The van der Waals surface area contributed by atoms with E-state index in [0.717, 1.165) is 12.8 Å². The summed E-state index contributed by atoms with van der Waals surface area (Å²) in [5.74, 6) is 1.24. The summed E-state index contributed by atoms with van der Waals surface area (Å²) in [6, 6.07) is -1.14. The maximum absolute atomic E-state index is 12.9. The minimum absolute atomic E-state index is 0.0959. The lowest BCUT2D eigenvalue weighted by Gasteiger charge is -2.38. The lowest BCUT2D eigenvalue weighted by Crippen LogP contribution is -2.42. The van der Waals surface area contributed by atoms with Crippen molar-refractivity contribution in [1.29, 1.82) is 0 Å². The molecule has 0 aromatic rings. The molecule has 3 aliphatic heterocycles. The lowest BCUT2D eigenvalue weighted by atomic mass is 9.65. The van der Waals surface area contributed by atoms with Gasteiger partial charge in [-0.25, -0.2) is 0 Å². The van der Waals surface area contributed by atoms with Crippen LogP contribution in [0, 0.1) is 47.3 Å². The molecule has 2 bridgehead atoms. The topological polar surface area (TPSA) is 137 Å². The average molecular weight is 541 g/mol. The van der Waals surface area contributed by atoms with Crippen molar-refractivity contribution < 1.29 is 34.1 Å². The molecule has 0 aromatic heterocycles. The van der Waals surface area contributed by atoms with E-state index in [9.17, 15) is 24.6 Å². The minimum Gasteiger partial charge on any atom is -0.507 e. The van der Waals surface area contributed by atoms with Crippen molar-refractivity contribution in [2.75, 3.05) is 13.7 Å². The maximum Gasteiger partial charge on any atom is 0.259 e. The van der Waals surface area contributed by atoms with Crippen LogP contribution in [0.25, 0.3) is 0 Å². The van der Waals surface area contributed by atoms with Crippen molar-refractivity contribution in [2.45, 2.75) is 70.0 Å². The van der Waals surface area contributed by atoms with Gasteiger partial charge in [0.2, 0.25) is 5.91 Å². The molecular formula is C30H40N2O7. The van der Waals surface area contributed by atoms with E-state index in [1.165, 1.54) is 6.08 Å². The van der Waals surface area contributed by atoms with Crippen LogP contribution in [0.1, 0.15) is 39.5 Å². The third kappa shape index (κ3) is 4.46. The second-order valence-corrected chi connectivity index (χ2v) is 12.6. The first-order valence-electron chi connectivity index (χ1n) is 14.5. The molecule has 0 radical (unpaired) electrons. The van der Waals surface area contributed by atoms with Gasteiger partial charge in [-0.2, -0.15) is 0 Å². The fourth-order valence-corrected chi connectivity index (χ4v) is 9.03. The smallest absolute Gasteiger partial charge is 0.259 e. The van der Waals surface area contributed by atoms with Gasteiger partial charge in [-0.15, -0.1) is 0 Å². The number of amides is 2. The summed E-state index contributed by atoms with van der Waals surface area (Å²) in [5.41, 5.74) is -0.315. The molecule has 1 unspecified atom stereocenters. The number of epoxide rings is 1. The third-order valence-electron chi connectivity index (χ3n) is 10.7. The number of carbonyl (C=O) groups is 3. The Hall–Kier alpha value is -2.49. The van der Waals surface area contributed by atoms with Crippen molar-refractivity contribution in [2.24, 2.45) is 47.3 Å². The Labute approximate surface area is 229 Å². The van der Waals surface area contributed by atoms with Gasteiger partial charge < -0.3 is 30.3 Å². The highest BCUT2D eigenvalue weighted by atomic mass is 16.6. The zero-order chi connectivity index (χ0) is 27.6. The van der Waals surface area contributed by atoms with Gasteiger partial charge in [0.15, 0.2) is 5.78 Å². The number of hydrogen-bond donors (Lipinski definition) is 4. The summed E-state index contributed by atoms with van der Waals surface area (Å²) in [6.07, 6.45) is 9.23. The molecule has 2 saturated heterocycles. The molecule has 2 amide bonds. The molecule has 0 spiro atoms. The van der Waals surface area contributed by atoms with Crippen molar-refractivity contribution in [3.8, 4) is 0 Å². The van der Waals surface area contributed by atoms with E-state index in [1.54, 1.807) is 13.2 Å². The minimum atomic E-state index is -1.17. The Morgan fingerprint density at radius 2 is 1.82 bits per heavy atom. The van der Waals surface area contributed by atoms with Crippen LogP contribution in [0.15, 0.2) is 35.6 Å². The first kappa shape index (κ1) is 26.7. The van der Waals surface area contributed by atoms with Gasteiger partial charge in [0.1, 0.15) is 17.4 Å². The number of methoxy groups -OCH3 is 1. The Bertz CT molecular complexity index is 1130. The number of ketones is 1. The molecule has 0 aromatic carbocycles. The SMILES string of the molecule is CO[C@H](C)[C@H]1[C@H]2[C@H](C[C@H]1C)[C@H]1C[C@H]3/C=C/C(O)=C4/C(=O)N[C@H](C4=O)C(O)CCNC(=O)/C=C\C[C@@H]3[C@H]1[C@@H]1O[C@@H]12. The number of aliphatic hydroxyl groups excluding tert-OH is 2. The molecule has 212 valence electrons. The number of carbonyl (C=O) groups excluding carboxylic acids is 3. The van der Waals surface area contributed by atoms with Crippen molar-refractivity contribution in [1.82, 2.24) is 10.6 Å². The van der Waals surface area contributed by atoms with Crippen LogP contribution >= 0.6 is 0 Å². The zero-order valence-corrected chi connectivity index (χ0v) is 22.8. The normalized spacial score (nSPS) is 49.7. The monoisotopic (exact) mass is 540 g/mol. The van der Waals surface area contributed by atoms with Gasteiger partial charge in [-0.1, -0.05) is 19.1 Å². The van der Waals surface area contributed by atoms with Gasteiger partial charge in [0.05, 0.1) is 24.4 Å². The zero-order valence-electron chi connectivity index (χ0n) is 22.8. The van der Waals surface area contributed by atoms with Crippen LogP contribution in [0.4, 0.5) is 0 Å². The summed E-state index contributed by atoms with van der Waals surface area (Å²) in [7, 11) is 1.79. The van der Waals surface area contributed by atoms with E-state index in [4.69, 9.17) is 9.47 Å². The van der Waals surface area contributed by atoms with Gasteiger partial charge in [0, 0.05) is 13.7 Å². The van der Waals surface area contributed by atoms with Crippen LogP contribution in [0.3, 0.4) is 0 Å². The largest absolute Gasteiger partial charge is 0.507 e. The summed E-state index contributed by atoms with van der Waals surface area (Å²) in [4.78, 5) is 37.9. The number of hydrogen-bond acceptors (Lipinski definition) is 7. The molecule has 3 saturated carbocycles. The summed E-state index contributed by atoms with van der Waals surface area (Å²) < 4.78 is 12.2. The summed E-state index contributed by atoms with van der Waals surface area (Å²) in [6.45, 7) is 4.66. The number of rotatable bonds is 2. The number of nitrogens with one attached hydrogen (secondary N) is 2. The molecule has 9 heteroatoms. The highest BCUT2D eigenvalue weighted by Crippen LogP contribution is 2.66. The Balaban J connectivity index is 1.32. The van der Waals surface area contributed by atoms with E-state index < -0.39 is 23.8 Å². The quantitative estimate of drug-likeness (QED) is 0.310. The molecule has 13 atom stereocenters. The van der Waals surface area contributed by atoms with Crippen LogP contribution in [-0.4, -0.2) is 71.9 Å². The van der Waals surface area contributed by atoms with E-state index in [1.807, 2.05) is 12.2 Å². The molecule has 6 aliphatic rings. The lowest BCUT2D eigenvalue weighted by molar-refractivity contribution is -0.118. The van der Waals surface area contributed by atoms with Crippen LogP contribution in [0.2, 0.25) is 0 Å². The van der Waals surface area contributed by atoms with E-state index >= 15 is 0 Å². The van der Waals surface area contributed by atoms with Crippen LogP contribution in [0.5, 0.6) is 0 Å². The number of aliphatic hydroxyl groups is 2. The highest BCUT2D eigenvalue weighted by Gasteiger charge is 2.68. The van der Waals surface area contributed by atoms with E-state index in [0.29, 0.717) is 41.9 Å². The van der Waals surface area contributed by atoms with Crippen molar-refractivity contribution in [3.63, 3.8) is 0 Å². The fraction of sp³-hybridized carbons (Fsp3) is 0.700. The van der Waals surface area contributed by atoms with E-state index in [2.05, 4.69) is 24.5 Å². The average Bonchev–Trinajstić information content (AvgIpc) is 3.35. The number of fused-ring (bicyclic) bond motifs is 10. The second kappa shape index (κ2) is 10.2. The Kier molecular flexibility index (Phi) is 6.96. The molecule has 39 heavy (non-hydrogen) atoms. The fourth-order valence-electron chi connectivity index (χ4n) is 9.03.